The van der Waals surface area contributed by atoms with Gasteiger partial charge in [-0.15, -0.1) is 0 Å². The van der Waals surface area contributed by atoms with Gasteiger partial charge in [0, 0.05) is 22.0 Å². The number of aliphatic carboxylic acids is 1. The highest BCUT2D eigenvalue weighted by Gasteiger charge is 2.49. The molecule has 1 amide bonds. The minimum Gasteiger partial charge on any atom is -0.481 e. The number of hydrogen-bond acceptors (Lipinski definition) is 3. The predicted octanol–water partition coefficient (Wildman–Crippen LogP) is 4.89. The van der Waals surface area contributed by atoms with E-state index in [1.165, 1.54) is 4.90 Å². The lowest BCUT2D eigenvalue weighted by molar-refractivity contribution is -0.141. The highest BCUT2D eigenvalue weighted by molar-refractivity contribution is 6.35. The van der Waals surface area contributed by atoms with E-state index in [2.05, 4.69) is 0 Å². The third-order valence-corrected chi connectivity index (χ3v) is 7.26. The first-order valence-electron chi connectivity index (χ1n) is 10.7. The third kappa shape index (κ3) is 3.70. The molecule has 0 spiro atoms. The highest BCUT2D eigenvalue weighted by atomic mass is 35.5. The van der Waals surface area contributed by atoms with Crippen molar-refractivity contribution >= 4 is 35.1 Å². The predicted molar refractivity (Wildman–Crippen MR) is 126 cm³/mol. The van der Waals surface area contributed by atoms with Crippen molar-refractivity contribution in [3.05, 3.63) is 105 Å². The average Bonchev–Trinajstić information content (AvgIpc) is 2.79. The van der Waals surface area contributed by atoms with E-state index < -0.39 is 30.1 Å². The van der Waals surface area contributed by atoms with Crippen LogP contribution in [0.4, 0.5) is 0 Å². The maximum atomic E-state index is 13.9. The van der Waals surface area contributed by atoms with Gasteiger partial charge >= 0.3 is 5.97 Å². The Morgan fingerprint density at radius 2 is 1.58 bits per heavy atom. The van der Waals surface area contributed by atoms with E-state index in [0.717, 1.165) is 11.1 Å². The Hall–Kier alpha value is -2.86. The van der Waals surface area contributed by atoms with Gasteiger partial charge in [-0.2, -0.15) is 0 Å². The van der Waals surface area contributed by atoms with Crippen LogP contribution in [0.5, 0.6) is 0 Å². The van der Waals surface area contributed by atoms with Gasteiger partial charge in [0.15, 0.2) is 0 Å². The number of carbonyl (C=O) groups excluding carboxylic acids is 1. The Morgan fingerprint density at radius 1 is 0.909 bits per heavy atom. The smallest absolute Gasteiger partial charge is 0.313 e. The Kier molecular flexibility index (Phi) is 5.65. The molecular weight excluding hydrogens is 461 g/mol. The molecule has 0 saturated heterocycles. The molecule has 7 heteroatoms. The lowest BCUT2D eigenvalue weighted by atomic mass is 9.76. The summed E-state index contributed by atoms with van der Waals surface area (Å²) in [5, 5.41) is 22.2. The lowest BCUT2D eigenvalue weighted by Crippen LogP contribution is -2.56. The Labute approximate surface area is 201 Å². The molecule has 2 aliphatic rings. The van der Waals surface area contributed by atoms with Gasteiger partial charge in [0.1, 0.15) is 5.92 Å². The molecule has 1 aliphatic heterocycles. The number of aliphatic hydroxyl groups is 1. The van der Waals surface area contributed by atoms with Crippen LogP contribution in [-0.2, 0) is 17.6 Å². The molecule has 5 rings (SSSR count). The van der Waals surface area contributed by atoms with Crippen LogP contribution in [0.25, 0.3) is 0 Å². The molecular formula is C26H21Cl2NO4. The number of halogens is 2. The SMILES string of the molecule is O=C(O)C1c2ccccc2C(=O)N(C2Cc3ccccc3CC2O)C1c1ccc(Cl)cc1Cl. The van der Waals surface area contributed by atoms with E-state index in [-0.39, 0.29) is 10.9 Å². The molecule has 3 aromatic carbocycles. The fourth-order valence-corrected chi connectivity index (χ4v) is 5.74. The minimum absolute atomic E-state index is 0.279. The zero-order valence-electron chi connectivity index (χ0n) is 17.5. The number of aliphatic hydroxyl groups excluding tert-OH is 1. The number of hydrogen-bond donors (Lipinski definition) is 2. The van der Waals surface area contributed by atoms with Crippen molar-refractivity contribution in [3.8, 4) is 0 Å². The number of carboxylic acids is 1. The molecule has 0 radical (unpaired) electrons. The van der Waals surface area contributed by atoms with Gasteiger partial charge in [-0.1, -0.05) is 71.7 Å². The number of nitrogens with zero attached hydrogens (tertiary/aromatic N) is 1. The number of amides is 1. The summed E-state index contributed by atoms with van der Waals surface area (Å²) in [6.07, 6.45) is -0.0539. The molecule has 1 aliphatic carbocycles. The van der Waals surface area contributed by atoms with E-state index in [9.17, 15) is 19.8 Å². The molecule has 1 heterocycles. The summed E-state index contributed by atoms with van der Waals surface area (Å²) in [4.78, 5) is 28.0. The fourth-order valence-electron chi connectivity index (χ4n) is 5.22. The van der Waals surface area contributed by atoms with Crippen LogP contribution in [0.2, 0.25) is 10.0 Å². The van der Waals surface area contributed by atoms with Gasteiger partial charge < -0.3 is 15.1 Å². The largest absolute Gasteiger partial charge is 0.481 e. The van der Waals surface area contributed by atoms with Crippen LogP contribution in [0.1, 0.15) is 44.6 Å². The van der Waals surface area contributed by atoms with Gasteiger partial charge in [0.2, 0.25) is 0 Å². The first kappa shape index (κ1) is 22.0. The summed E-state index contributed by atoms with van der Waals surface area (Å²) < 4.78 is 0. The van der Waals surface area contributed by atoms with E-state index in [1.807, 2.05) is 24.3 Å². The maximum absolute atomic E-state index is 13.9. The van der Waals surface area contributed by atoms with Crippen molar-refractivity contribution < 1.29 is 19.8 Å². The summed E-state index contributed by atoms with van der Waals surface area (Å²) in [5.41, 5.74) is 3.32. The Bertz CT molecular complexity index is 1260. The van der Waals surface area contributed by atoms with Crippen LogP contribution >= 0.6 is 23.2 Å². The second-order valence-electron chi connectivity index (χ2n) is 8.54. The Morgan fingerprint density at radius 3 is 2.27 bits per heavy atom. The van der Waals surface area contributed by atoms with Gasteiger partial charge in [-0.05, 0) is 46.9 Å². The first-order chi connectivity index (χ1) is 15.9. The molecule has 33 heavy (non-hydrogen) atoms. The van der Waals surface area contributed by atoms with Crippen molar-refractivity contribution in [2.45, 2.75) is 36.9 Å². The summed E-state index contributed by atoms with van der Waals surface area (Å²) >= 11 is 12.7. The van der Waals surface area contributed by atoms with Crippen molar-refractivity contribution in [2.24, 2.45) is 0 Å². The summed E-state index contributed by atoms with van der Waals surface area (Å²) in [5.74, 6) is -2.44. The monoisotopic (exact) mass is 481 g/mol. The number of carbonyl (C=O) groups is 2. The molecule has 5 nitrogen and oxygen atoms in total. The molecule has 0 saturated carbocycles. The van der Waals surface area contributed by atoms with E-state index in [0.29, 0.717) is 34.6 Å². The van der Waals surface area contributed by atoms with Gasteiger partial charge in [-0.25, -0.2) is 0 Å². The number of fused-ring (bicyclic) bond motifs is 2. The molecule has 168 valence electrons. The minimum atomic E-state index is -1.07. The number of carboxylic acid groups (broad SMARTS) is 1. The zero-order valence-corrected chi connectivity index (χ0v) is 19.0. The Balaban J connectivity index is 1.72. The second-order valence-corrected chi connectivity index (χ2v) is 9.38. The molecule has 0 bridgehead atoms. The second kappa shape index (κ2) is 8.49. The quantitative estimate of drug-likeness (QED) is 0.558. The summed E-state index contributed by atoms with van der Waals surface area (Å²) in [6, 6.07) is 17.9. The van der Waals surface area contributed by atoms with Gasteiger partial charge in [0.25, 0.3) is 5.91 Å². The van der Waals surface area contributed by atoms with Crippen LogP contribution in [0, 0.1) is 0 Å². The first-order valence-corrected chi connectivity index (χ1v) is 11.5. The lowest BCUT2D eigenvalue weighted by Gasteiger charge is -2.47. The molecule has 4 unspecified atom stereocenters. The molecule has 3 aromatic rings. The standard InChI is InChI=1S/C26H21Cl2NO4/c27-16-9-10-19(20(28)13-16)24-23(26(32)33)17-7-3-4-8-18(17)25(31)29(24)21-11-14-5-1-2-6-15(14)12-22(21)30/h1-10,13,21-24,30H,11-12H2,(H,32,33). The van der Waals surface area contributed by atoms with Crippen molar-refractivity contribution in [1.29, 1.82) is 0 Å². The topological polar surface area (TPSA) is 77.8 Å². The maximum Gasteiger partial charge on any atom is 0.313 e. The molecule has 0 aromatic heterocycles. The molecule has 4 atom stereocenters. The molecule has 2 N–H and O–H groups in total. The third-order valence-electron chi connectivity index (χ3n) is 6.70. The van der Waals surface area contributed by atoms with Crippen LogP contribution in [0.3, 0.4) is 0 Å². The zero-order chi connectivity index (χ0) is 23.3. The fraction of sp³-hybridized carbons (Fsp3) is 0.231. The van der Waals surface area contributed by atoms with E-state index in [1.54, 1.807) is 42.5 Å². The van der Waals surface area contributed by atoms with Crippen molar-refractivity contribution in [1.82, 2.24) is 4.90 Å². The average molecular weight is 482 g/mol. The van der Waals surface area contributed by atoms with Gasteiger partial charge in [-0.3, -0.25) is 9.59 Å². The summed E-state index contributed by atoms with van der Waals surface area (Å²) in [6.45, 7) is 0. The van der Waals surface area contributed by atoms with Crippen molar-refractivity contribution in [3.63, 3.8) is 0 Å². The van der Waals surface area contributed by atoms with Gasteiger partial charge in [0.05, 0.1) is 18.2 Å². The normalized spacial score (nSPS) is 24.2. The van der Waals surface area contributed by atoms with Crippen molar-refractivity contribution in [2.75, 3.05) is 0 Å². The number of rotatable bonds is 3. The van der Waals surface area contributed by atoms with Crippen LogP contribution in [-0.4, -0.2) is 39.1 Å². The van der Waals surface area contributed by atoms with Crippen LogP contribution < -0.4 is 0 Å². The van der Waals surface area contributed by atoms with E-state index >= 15 is 0 Å². The van der Waals surface area contributed by atoms with Crippen LogP contribution in [0.15, 0.2) is 66.7 Å². The molecule has 0 fully saturated rings. The summed E-state index contributed by atoms with van der Waals surface area (Å²) in [7, 11) is 0. The van der Waals surface area contributed by atoms with E-state index in [4.69, 9.17) is 23.2 Å². The number of benzene rings is 3. The highest BCUT2D eigenvalue weighted by Crippen LogP contribution is 2.47.